The van der Waals surface area contributed by atoms with Gasteiger partial charge in [-0.3, -0.25) is 0 Å². The molecule has 0 saturated carbocycles. The summed E-state index contributed by atoms with van der Waals surface area (Å²) in [4.78, 5) is 7.58. The van der Waals surface area contributed by atoms with E-state index in [-0.39, 0.29) is 0 Å². The van der Waals surface area contributed by atoms with Crippen molar-refractivity contribution >= 4 is 11.0 Å². The minimum absolute atomic E-state index is 0.545. The van der Waals surface area contributed by atoms with Crippen molar-refractivity contribution in [1.29, 1.82) is 0 Å². The lowest BCUT2D eigenvalue weighted by Crippen LogP contribution is -1.98. The van der Waals surface area contributed by atoms with Gasteiger partial charge in [-0.2, -0.15) is 0 Å². The fraction of sp³-hybridized carbons (Fsp3) is 0.188. The van der Waals surface area contributed by atoms with Gasteiger partial charge in [-0.05, 0) is 30.2 Å². The normalized spacial score (nSPS) is 10.9. The van der Waals surface area contributed by atoms with Crippen molar-refractivity contribution in [2.45, 2.75) is 20.1 Å². The van der Waals surface area contributed by atoms with E-state index in [9.17, 15) is 0 Å². The van der Waals surface area contributed by atoms with Gasteiger partial charge in [0.05, 0.1) is 11.0 Å². The van der Waals surface area contributed by atoms with Crippen molar-refractivity contribution in [1.82, 2.24) is 9.97 Å². The van der Waals surface area contributed by atoms with E-state index in [1.54, 1.807) is 0 Å². The first-order valence-electron chi connectivity index (χ1n) is 6.61. The Labute approximate surface area is 117 Å². The fourth-order valence-corrected chi connectivity index (χ4v) is 2.14. The van der Waals surface area contributed by atoms with Gasteiger partial charge in [0, 0.05) is 12.6 Å². The van der Waals surface area contributed by atoms with Crippen molar-refractivity contribution in [2.75, 3.05) is 0 Å². The van der Waals surface area contributed by atoms with Crippen LogP contribution < -0.4 is 10.5 Å². The number of ether oxygens (including phenoxy) is 1. The Morgan fingerprint density at radius 3 is 2.60 bits per heavy atom. The molecule has 4 nitrogen and oxygen atoms in total. The van der Waals surface area contributed by atoms with E-state index in [1.807, 2.05) is 49.4 Å². The van der Waals surface area contributed by atoms with Gasteiger partial charge in [0.1, 0.15) is 18.2 Å². The van der Waals surface area contributed by atoms with Gasteiger partial charge in [0.25, 0.3) is 0 Å². The molecule has 1 heterocycles. The van der Waals surface area contributed by atoms with Crippen LogP contribution in [0.4, 0.5) is 0 Å². The number of aromatic nitrogens is 2. The molecule has 0 fully saturated rings. The first-order chi connectivity index (χ1) is 9.74. The zero-order chi connectivity index (χ0) is 13.9. The highest BCUT2D eigenvalue weighted by Gasteiger charge is 2.02. The second-order valence-electron chi connectivity index (χ2n) is 4.81. The summed E-state index contributed by atoms with van der Waals surface area (Å²) < 4.78 is 5.80. The van der Waals surface area contributed by atoms with Gasteiger partial charge in [-0.15, -0.1) is 0 Å². The molecule has 0 saturated heterocycles. The molecule has 3 N–H and O–H groups in total. The van der Waals surface area contributed by atoms with Crippen LogP contribution in [0.15, 0.2) is 42.5 Å². The molecule has 3 rings (SSSR count). The van der Waals surface area contributed by atoms with Crippen LogP contribution in [0.2, 0.25) is 0 Å². The number of imidazole rings is 1. The molecule has 0 spiro atoms. The molecular weight excluding hydrogens is 250 g/mol. The molecule has 0 aliphatic rings. The number of H-pyrrole nitrogens is 1. The number of rotatable bonds is 4. The number of nitrogens with two attached hydrogens (primary N) is 1. The van der Waals surface area contributed by atoms with Crippen molar-refractivity contribution in [3.05, 3.63) is 59.4 Å². The molecule has 20 heavy (non-hydrogen) atoms. The van der Waals surface area contributed by atoms with E-state index >= 15 is 0 Å². The molecule has 0 aliphatic heterocycles. The zero-order valence-corrected chi connectivity index (χ0v) is 11.4. The number of nitrogens with zero attached hydrogens (tertiary/aromatic N) is 1. The maximum Gasteiger partial charge on any atom is 0.122 e. The quantitative estimate of drug-likeness (QED) is 0.764. The molecule has 0 atom stereocenters. The molecule has 0 amide bonds. The summed E-state index contributed by atoms with van der Waals surface area (Å²) in [7, 11) is 0. The summed E-state index contributed by atoms with van der Waals surface area (Å²) in [5.41, 5.74) is 9.79. The van der Waals surface area contributed by atoms with Crippen LogP contribution in [0.5, 0.6) is 5.75 Å². The monoisotopic (exact) mass is 267 g/mol. The number of fused-ring (bicyclic) bond motifs is 1. The second-order valence-corrected chi connectivity index (χ2v) is 4.81. The predicted octanol–water partition coefficient (Wildman–Crippen LogP) is 2.91. The van der Waals surface area contributed by atoms with Crippen LogP contribution in [0.1, 0.15) is 17.0 Å². The average molecular weight is 267 g/mol. The van der Waals surface area contributed by atoms with Crippen LogP contribution in [0, 0.1) is 6.92 Å². The molecule has 2 aromatic carbocycles. The third kappa shape index (κ3) is 2.65. The third-order valence-corrected chi connectivity index (χ3v) is 3.24. The minimum Gasteiger partial charge on any atom is -0.489 e. The lowest BCUT2D eigenvalue weighted by atomic mass is 10.1. The Morgan fingerprint density at radius 1 is 1.10 bits per heavy atom. The smallest absolute Gasteiger partial charge is 0.122 e. The molecule has 0 radical (unpaired) electrons. The van der Waals surface area contributed by atoms with E-state index in [1.165, 1.54) is 0 Å². The van der Waals surface area contributed by atoms with Gasteiger partial charge in [0.15, 0.2) is 0 Å². The summed E-state index contributed by atoms with van der Waals surface area (Å²) in [6.07, 6.45) is 0. The summed E-state index contributed by atoms with van der Waals surface area (Å²) in [6, 6.07) is 14.0. The van der Waals surface area contributed by atoms with Gasteiger partial charge in [0.2, 0.25) is 0 Å². The molecule has 0 unspecified atom stereocenters. The standard InChI is InChI=1S/C16H17N3O/c1-11-18-15-7-6-14(8-16(15)19-11)20-10-13-4-2-12(9-17)3-5-13/h2-8H,9-10,17H2,1H3,(H,18,19). The Bertz CT molecular complexity index is 716. The SMILES string of the molecule is Cc1nc2ccc(OCc3ccc(CN)cc3)cc2[nH]1. The van der Waals surface area contributed by atoms with Crippen LogP contribution in [0.25, 0.3) is 11.0 Å². The highest BCUT2D eigenvalue weighted by atomic mass is 16.5. The average Bonchev–Trinajstić information content (AvgIpc) is 2.85. The first kappa shape index (κ1) is 12.7. The Morgan fingerprint density at radius 2 is 1.85 bits per heavy atom. The van der Waals surface area contributed by atoms with Crippen molar-refractivity contribution in [3.8, 4) is 5.75 Å². The molecule has 102 valence electrons. The van der Waals surface area contributed by atoms with Gasteiger partial charge >= 0.3 is 0 Å². The predicted molar refractivity (Wildman–Crippen MR) is 79.5 cm³/mol. The minimum atomic E-state index is 0.545. The number of nitrogens with one attached hydrogen (secondary N) is 1. The number of hydrogen-bond donors (Lipinski definition) is 2. The van der Waals surface area contributed by atoms with Crippen LogP contribution >= 0.6 is 0 Å². The molecule has 1 aromatic heterocycles. The Balaban J connectivity index is 1.72. The second kappa shape index (κ2) is 5.35. The van der Waals surface area contributed by atoms with Crippen LogP contribution in [0.3, 0.4) is 0 Å². The van der Waals surface area contributed by atoms with Crippen molar-refractivity contribution in [3.63, 3.8) is 0 Å². The van der Waals surface area contributed by atoms with E-state index in [4.69, 9.17) is 10.5 Å². The Kier molecular flexibility index (Phi) is 3.39. The highest BCUT2D eigenvalue weighted by Crippen LogP contribution is 2.20. The van der Waals surface area contributed by atoms with Crippen LogP contribution in [-0.2, 0) is 13.2 Å². The van der Waals surface area contributed by atoms with Gasteiger partial charge in [-0.25, -0.2) is 4.98 Å². The van der Waals surface area contributed by atoms with E-state index in [0.29, 0.717) is 13.2 Å². The molecule has 0 aliphatic carbocycles. The molecular formula is C16H17N3O. The number of benzene rings is 2. The fourth-order valence-electron chi connectivity index (χ4n) is 2.14. The molecule has 0 bridgehead atoms. The van der Waals surface area contributed by atoms with E-state index in [0.717, 1.165) is 33.7 Å². The van der Waals surface area contributed by atoms with E-state index < -0.39 is 0 Å². The van der Waals surface area contributed by atoms with Gasteiger partial charge < -0.3 is 15.5 Å². The van der Waals surface area contributed by atoms with Crippen molar-refractivity contribution in [2.24, 2.45) is 5.73 Å². The topological polar surface area (TPSA) is 63.9 Å². The summed E-state index contributed by atoms with van der Waals surface area (Å²) >= 11 is 0. The first-order valence-corrected chi connectivity index (χ1v) is 6.61. The number of aryl methyl sites for hydroxylation is 1. The number of aromatic amines is 1. The van der Waals surface area contributed by atoms with Gasteiger partial charge in [-0.1, -0.05) is 24.3 Å². The lowest BCUT2D eigenvalue weighted by molar-refractivity contribution is 0.306. The summed E-state index contributed by atoms with van der Waals surface area (Å²) in [5.74, 6) is 1.75. The molecule has 3 aromatic rings. The summed E-state index contributed by atoms with van der Waals surface area (Å²) in [5, 5.41) is 0. The van der Waals surface area contributed by atoms with E-state index in [2.05, 4.69) is 9.97 Å². The highest BCUT2D eigenvalue weighted by molar-refractivity contribution is 5.76. The maximum atomic E-state index is 5.80. The summed E-state index contributed by atoms with van der Waals surface area (Å²) in [6.45, 7) is 3.06. The zero-order valence-electron chi connectivity index (χ0n) is 11.4. The number of hydrogen-bond acceptors (Lipinski definition) is 3. The van der Waals surface area contributed by atoms with Crippen molar-refractivity contribution < 1.29 is 4.74 Å². The Hall–Kier alpha value is -2.33. The largest absolute Gasteiger partial charge is 0.489 e. The third-order valence-electron chi connectivity index (χ3n) is 3.24. The lowest BCUT2D eigenvalue weighted by Gasteiger charge is -2.07. The molecule has 4 heteroatoms. The van der Waals surface area contributed by atoms with Crippen LogP contribution in [-0.4, -0.2) is 9.97 Å². The maximum absolute atomic E-state index is 5.80.